The van der Waals surface area contributed by atoms with E-state index in [0.717, 1.165) is 18.4 Å². The van der Waals surface area contributed by atoms with Crippen molar-refractivity contribution in [2.45, 2.75) is 37.8 Å². The third-order valence-electron chi connectivity index (χ3n) is 4.21. The Morgan fingerprint density at radius 3 is 3.20 bits per heavy atom. The second-order valence-corrected chi connectivity index (χ2v) is 6.56. The normalized spacial score (nSPS) is 21.4. The van der Waals surface area contributed by atoms with Crippen LogP contribution in [0.1, 0.15) is 42.6 Å². The molecule has 4 nitrogen and oxygen atoms in total. The molecule has 108 valence electrons. The fourth-order valence-corrected chi connectivity index (χ4v) is 3.70. The standard InChI is InChI=1S/C15H21N3OS/c1-15(19,11-6-7-20-9-11)10-16-13-4-3-5-14-12(13)8-17-18(14)2/h6-9,13,16,19H,3-5,10H2,1-2H3. The molecule has 0 saturated heterocycles. The maximum absolute atomic E-state index is 10.6. The quantitative estimate of drug-likeness (QED) is 0.909. The summed E-state index contributed by atoms with van der Waals surface area (Å²) in [7, 11) is 2.00. The molecule has 2 atom stereocenters. The lowest BCUT2D eigenvalue weighted by molar-refractivity contribution is 0.0535. The van der Waals surface area contributed by atoms with Gasteiger partial charge >= 0.3 is 0 Å². The van der Waals surface area contributed by atoms with Crippen molar-refractivity contribution in [1.29, 1.82) is 0 Å². The Kier molecular flexibility index (Phi) is 3.67. The predicted octanol–water partition coefficient (Wildman–Crippen LogP) is 2.36. The number of thiophene rings is 1. The maximum Gasteiger partial charge on any atom is 0.100 e. The summed E-state index contributed by atoms with van der Waals surface area (Å²) < 4.78 is 1.97. The smallest absolute Gasteiger partial charge is 0.100 e. The largest absolute Gasteiger partial charge is 0.384 e. The van der Waals surface area contributed by atoms with E-state index in [4.69, 9.17) is 0 Å². The van der Waals surface area contributed by atoms with Gasteiger partial charge in [0.1, 0.15) is 5.60 Å². The molecule has 1 aliphatic carbocycles. The summed E-state index contributed by atoms with van der Waals surface area (Å²) in [4.78, 5) is 0. The van der Waals surface area contributed by atoms with Crippen molar-refractivity contribution in [3.05, 3.63) is 39.8 Å². The van der Waals surface area contributed by atoms with Gasteiger partial charge in [-0.3, -0.25) is 4.68 Å². The first kappa shape index (κ1) is 13.8. The van der Waals surface area contributed by atoms with E-state index in [1.807, 2.05) is 41.7 Å². The van der Waals surface area contributed by atoms with Crippen LogP contribution in [-0.4, -0.2) is 21.4 Å². The maximum atomic E-state index is 10.6. The third kappa shape index (κ3) is 2.53. The van der Waals surface area contributed by atoms with Crippen LogP contribution < -0.4 is 5.32 Å². The van der Waals surface area contributed by atoms with Crippen LogP contribution in [0, 0.1) is 0 Å². The lowest BCUT2D eigenvalue weighted by atomic mass is 9.91. The molecular weight excluding hydrogens is 270 g/mol. The average Bonchev–Trinajstić information content (AvgIpc) is 3.07. The summed E-state index contributed by atoms with van der Waals surface area (Å²) in [6, 6.07) is 2.29. The highest BCUT2D eigenvalue weighted by Crippen LogP contribution is 2.30. The molecule has 5 heteroatoms. The van der Waals surface area contributed by atoms with E-state index in [1.165, 1.54) is 17.7 Å². The van der Waals surface area contributed by atoms with Crippen molar-refractivity contribution in [2.24, 2.45) is 7.05 Å². The predicted molar refractivity (Wildman–Crippen MR) is 80.8 cm³/mol. The molecule has 0 saturated carbocycles. The van der Waals surface area contributed by atoms with Crippen LogP contribution in [-0.2, 0) is 19.1 Å². The molecule has 2 aromatic heterocycles. The summed E-state index contributed by atoms with van der Waals surface area (Å²) >= 11 is 1.62. The first-order valence-corrected chi connectivity index (χ1v) is 8.01. The number of rotatable bonds is 4. The molecule has 3 rings (SSSR count). The van der Waals surface area contributed by atoms with Gasteiger partial charge in [0.05, 0.1) is 6.20 Å². The summed E-state index contributed by atoms with van der Waals surface area (Å²) in [6.07, 6.45) is 5.35. The number of aryl methyl sites for hydroxylation is 1. The van der Waals surface area contributed by atoms with Gasteiger partial charge in [0.2, 0.25) is 0 Å². The molecule has 0 spiro atoms. The number of hydrogen-bond donors (Lipinski definition) is 2. The van der Waals surface area contributed by atoms with Gasteiger partial charge in [-0.05, 0) is 48.6 Å². The van der Waals surface area contributed by atoms with E-state index in [2.05, 4.69) is 10.4 Å². The molecule has 20 heavy (non-hydrogen) atoms. The van der Waals surface area contributed by atoms with Crippen molar-refractivity contribution in [2.75, 3.05) is 6.54 Å². The molecule has 1 aliphatic rings. The van der Waals surface area contributed by atoms with E-state index in [-0.39, 0.29) is 0 Å². The second-order valence-electron chi connectivity index (χ2n) is 5.78. The van der Waals surface area contributed by atoms with Gasteiger partial charge in [0.25, 0.3) is 0 Å². The zero-order chi connectivity index (χ0) is 14.2. The Bertz CT molecular complexity index is 574. The minimum Gasteiger partial charge on any atom is -0.384 e. The van der Waals surface area contributed by atoms with Crippen molar-refractivity contribution in [3.8, 4) is 0 Å². The van der Waals surface area contributed by atoms with E-state index in [1.54, 1.807) is 11.3 Å². The lowest BCUT2D eigenvalue weighted by Gasteiger charge is -2.29. The molecule has 0 radical (unpaired) electrons. The molecule has 2 aromatic rings. The van der Waals surface area contributed by atoms with Gasteiger partial charge in [-0.15, -0.1) is 0 Å². The topological polar surface area (TPSA) is 50.1 Å². The molecule has 0 amide bonds. The van der Waals surface area contributed by atoms with E-state index in [0.29, 0.717) is 12.6 Å². The number of aromatic nitrogens is 2. The number of aliphatic hydroxyl groups is 1. The summed E-state index contributed by atoms with van der Waals surface area (Å²) in [5.41, 5.74) is 2.78. The average molecular weight is 291 g/mol. The van der Waals surface area contributed by atoms with Gasteiger partial charge in [-0.1, -0.05) is 0 Å². The van der Waals surface area contributed by atoms with Crippen LogP contribution in [0.4, 0.5) is 0 Å². The van der Waals surface area contributed by atoms with Gasteiger partial charge < -0.3 is 10.4 Å². The van der Waals surface area contributed by atoms with Crippen LogP contribution in [0.3, 0.4) is 0 Å². The Balaban J connectivity index is 1.71. The molecule has 0 aromatic carbocycles. The molecule has 0 fully saturated rings. The van der Waals surface area contributed by atoms with Crippen LogP contribution >= 0.6 is 11.3 Å². The number of nitrogens with one attached hydrogen (secondary N) is 1. The molecular formula is C15H21N3OS. The monoisotopic (exact) mass is 291 g/mol. The molecule has 0 bridgehead atoms. The Labute approximate surface area is 123 Å². The third-order valence-corrected chi connectivity index (χ3v) is 4.89. The van der Waals surface area contributed by atoms with Crippen molar-refractivity contribution >= 4 is 11.3 Å². The first-order valence-electron chi connectivity index (χ1n) is 7.07. The highest BCUT2D eigenvalue weighted by Gasteiger charge is 2.28. The fraction of sp³-hybridized carbons (Fsp3) is 0.533. The van der Waals surface area contributed by atoms with Crippen LogP contribution in [0.15, 0.2) is 23.0 Å². The van der Waals surface area contributed by atoms with Gasteiger partial charge in [-0.2, -0.15) is 16.4 Å². The first-order chi connectivity index (χ1) is 9.58. The molecule has 2 N–H and O–H groups in total. The van der Waals surface area contributed by atoms with E-state index < -0.39 is 5.60 Å². The zero-order valence-electron chi connectivity index (χ0n) is 12.0. The Morgan fingerprint density at radius 2 is 2.45 bits per heavy atom. The highest BCUT2D eigenvalue weighted by atomic mass is 32.1. The Hall–Kier alpha value is -1.17. The second kappa shape index (κ2) is 5.31. The number of nitrogens with zero attached hydrogens (tertiary/aromatic N) is 2. The van der Waals surface area contributed by atoms with Crippen LogP contribution in [0.2, 0.25) is 0 Å². The highest BCUT2D eigenvalue weighted by molar-refractivity contribution is 7.08. The fourth-order valence-electron chi connectivity index (χ4n) is 2.91. The Morgan fingerprint density at radius 1 is 1.60 bits per heavy atom. The molecule has 2 unspecified atom stereocenters. The number of hydrogen-bond acceptors (Lipinski definition) is 4. The van der Waals surface area contributed by atoms with Crippen molar-refractivity contribution in [3.63, 3.8) is 0 Å². The van der Waals surface area contributed by atoms with Crippen molar-refractivity contribution < 1.29 is 5.11 Å². The summed E-state index contributed by atoms with van der Waals surface area (Å²) in [6.45, 7) is 2.43. The summed E-state index contributed by atoms with van der Waals surface area (Å²) in [5, 5.41) is 22.5. The van der Waals surface area contributed by atoms with Gasteiger partial charge in [0.15, 0.2) is 0 Å². The minimum absolute atomic E-state index is 0.303. The van der Waals surface area contributed by atoms with Crippen LogP contribution in [0.5, 0.6) is 0 Å². The van der Waals surface area contributed by atoms with Crippen molar-refractivity contribution in [1.82, 2.24) is 15.1 Å². The summed E-state index contributed by atoms with van der Waals surface area (Å²) in [5.74, 6) is 0. The zero-order valence-corrected chi connectivity index (χ0v) is 12.8. The molecule has 2 heterocycles. The van der Waals surface area contributed by atoms with E-state index >= 15 is 0 Å². The van der Waals surface area contributed by atoms with Crippen LogP contribution in [0.25, 0.3) is 0 Å². The minimum atomic E-state index is -0.820. The number of fused-ring (bicyclic) bond motifs is 1. The lowest BCUT2D eigenvalue weighted by Crippen LogP contribution is -2.38. The van der Waals surface area contributed by atoms with Gasteiger partial charge in [-0.25, -0.2) is 0 Å². The van der Waals surface area contributed by atoms with E-state index in [9.17, 15) is 5.11 Å². The van der Waals surface area contributed by atoms with Gasteiger partial charge in [0, 0.05) is 30.9 Å². The SMILES string of the molecule is Cn1ncc2c1CCCC2NCC(C)(O)c1ccsc1. The molecule has 0 aliphatic heterocycles.